The summed E-state index contributed by atoms with van der Waals surface area (Å²) >= 11 is 0. The molecule has 1 atom stereocenters. The summed E-state index contributed by atoms with van der Waals surface area (Å²) in [5.41, 5.74) is 2.88. The smallest absolute Gasteiger partial charge is 0.304 e. The molecule has 0 bridgehead atoms. The van der Waals surface area contributed by atoms with Crippen LogP contribution in [0.25, 0.3) is 0 Å². The molecule has 98 valence electrons. The van der Waals surface area contributed by atoms with Crippen molar-refractivity contribution in [2.24, 2.45) is 0 Å². The highest BCUT2D eigenvalue weighted by molar-refractivity contribution is 5.68. The van der Waals surface area contributed by atoms with E-state index in [-0.39, 0.29) is 12.3 Å². The molecule has 0 radical (unpaired) electrons. The fraction of sp³-hybridized carbons (Fsp3) is 0.267. The van der Waals surface area contributed by atoms with Gasteiger partial charge in [-0.25, -0.2) is 0 Å². The second-order valence-corrected chi connectivity index (χ2v) is 4.38. The van der Waals surface area contributed by atoms with Gasteiger partial charge in [-0.15, -0.1) is 0 Å². The van der Waals surface area contributed by atoms with Gasteiger partial charge in [0.05, 0.1) is 12.1 Å². The highest BCUT2D eigenvalue weighted by atomic mass is 16.4. The number of aliphatic carboxylic acids is 1. The van der Waals surface area contributed by atoms with Crippen molar-refractivity contribution in [3.05, 3.63) is 59.7 Å². The molecule has 0 aliphatic heterocycles. The highest BCUT2D eigenvalue weighted by Gasteiger charge is 2.19. The first-order valence-electron chi connectivity index (χ1n) is 6.27. The van der Waals surface area contributed by atoms with E-state index < -0.39 is 5.97 Å². The zero-order valence-electron chi connectivity index (χ0n) is 10.8. The molecule has 0 saturated heterocycles. The van der Waals surface area contributed by atoms with Crippen molar-refractivity contribution in [1.29, 1.82) is 0 Å². The number of rotatable bonds is 5. The van der Waals surface area contributed by atoms with Gasteiger partial charge in [-0.1, -0.05) is 31.2 Å². The number of nitrogens with zero attached hydrogens (tertiary/aromatic N) is 2. The van der Waals surface area contributed by atoms with Crippen LogP contribution >= 0.6 is 0 Å². The van der Waals surface area contributed by atoms with E-state index in [1.54, 1.807) is 18.6 Å². The molecule has 2 rings (SSSR count). The first-order valence-corrected chi connectivity index (χ1v) is 6.27. The third-order valence-corrected chi connectivity index (χ3v) is 3.11. The van der Waals surface area contributed by atoms with Gasteiger partial charge < -0.3 is 5.11 Å². The maximum atomic E-state index is 11.0. The summed E-state index contributed by atoms with van der Waals surface area (Å²) in [4.78, 5) is 19.3. The van der Waals surface area contributed by atoms with Crippen molar-refractivity contribution in [2.45, 2.75) is 25.7 Å². The summed E-state index contributed by atoms with van der Waals surface area (Å²) in [5.74, 6) is -1.09. The van der Waals surface area contributed by atoms with Crippen LogP contribution in [0.15, 0.2) is 42.9 Å². The third kappa shape index (κ3) is 3.37. The van der Waals surface area contributed by atoms with Gasteiger partial charge >= 0.3 is 5.97 Å². The van der Waals surface area contributed by atoms with Crippen LogP contribution < -0.4 is 0 Å². The van der Waals surface area contributed by atoms with E-state index in [2.05, 4.69) is 16.9 Å². The Hall–Kier alpha value is -2.23. The predicted octanol–water partition coefficient (Wildman–Crippen LogP) is 2.65. The maximum absolute atomic E-state index is 11.0. The van der Waals surface area contributed by atoms with Gasteiger partial charge in [0.15, 0.2) is 0 Å². The van der Waals surface area contributed by atoms with E-state index in [0.29, 0.717) is 5.69 Å². The third-order valence-electron chi connectivity index (χ3n) is 3.11. The Morgan fingerprint density at radius 2 is 2.00 bits per heavy atom. The topological polar surface area (TPSA) is 63.1 Å². The Morgan fingerprint density at radius 1 is 1.26 bits per heavy atom. The zero-order chi connectivity index (χ0) is 13.7. The monoisotopic (exact) mass is 256 g/mol. The fourth-order valence-electron chi connectivity index (χ4n) is 2.04. The maximum Gasteiger partial charge on any atom is 0.304 e. The van der Waals surface area contributed by atoms with Crippen LogP contribution in [0.5, 0.6) is 0 Å². The van der Waals surface area contributed by atoms with E-state index in [0.717, 1.165) is 12.0 Å². The molecule has 19 heavy (non-hydrogen) atoms. The standard InChI is InChI=1S/C15H16N2O2/c1-2-11-3-5-12(6-4-11)13(9-15(18)19)14-10-16-7-8-17-14/h3-8,10,13H,2,9H2,1H3,(H,18,19). The molecule has 2 aromatic rings. The summed E-state index contributed by atoms with van der Waals surface area (Å²) in [6.07, 6.45) is 5.78. The van der Waals surface area contributed by atoms with Gasteiger partial charge in [-0.05, 0) is 17.5 Å². The molecule has 1 aromatic carbocycles. The molecule has 1 aromatic heterocycles. The van der Waals surface area contributed by atoms with Crippen LogP contribution in [0.1, 0.15) is 36.1 Å². The van der Waals surface area contributed by atoms with Gasteiger partial charge in [-0.2, -0.15) is 0 Å². The number of carbonyl (C=O) groups is 1. The van der Waals surface area contributed by atoms with Crippen molar-refractivity contribution in [1.82, 2.24) is 9.97 Å². The van der Waals surface area contributed by atoms with Gasteiger partial charge in [0.25, 0.3) is 0 Å². The Labute approximate surface area is 112 Å². The Morgan fingerprint density at radius 3 is 2.53 bits per heavy atom. The fourth-order valence-corrected chi connectivity index (χ4v) is 2.04. The van der Waals surface area contributed by atoms with Gasteiger partial charge in [0.1, 0.15) is 0 Å². The summed E-state index contributed by atoms with van der Waals surface area (Å²) < 4.78 is 0. The molecule has 0 fully saturated rings. The minimum atomic E-state index is -0.838. The van der Waals surface area contributed by atoms with Crippen LogP contribution in [0.2, 0.25) is 0 Å². The summed E-state index contributed by atoms with van der Waals surface area (Å²) in [6, 6.07) is 8.00. The number of hydrogen-bond donors (Lipinski definition) is 1. The number of benzene rings is 1. The largest absolute Gasteiger partial charge is 0.481 e. The van der Waals surface area contributed by atoms with Crippen molar-refractivity contribution in [2.75, 3.05) is 0 Å². The average molecular weight is 256 g/mol. The van der Waals surface area contributed by atoms with E-state index in [4.69, 9.17) is 5.11 Å². The predicted molar refractivity (Wildman–Crippen MR) is 71.9 cm³/mol. The SMILES string of the molecule is CCc1ccc(C(CC(=O)O)c2cnccn2)cc1. The van der Waals surface area contributed by atoms with Crippen molar-refractivity contribution >= 4 is 5.97 Å². The van der Waals surface area contributed by atoms with Crippen LogP contribution in [-0.4, -0.2) is 21.0 Å². The molecule has 1 N–H and O–H groups in total. The number of carboxylic acids is 1. The molecule has 0 aliphatic carbocycles. The first kappa shape index (κ1) is 13.2. The summed E-state index contributed by atoms with van der Waals surface area (Å²) in [6.45, 7) is 2.09. The molecule has 1 unspecified atom stereocenters. The lowest BCUT2D eigenvalue weighted by atomic mass is 9.92. The molecule has 1 heterocycles. The highest BCUT2D eigenvalue weighted by Crippen LogP contribution is 2.26. The molecule has 4 heteroatoms. The Bertz CT molecular complexity index is 538. The van der Waals surface area contributed by atoms with E-state index >= 15 is 0 Å². The second kappa shape index (κ2) is 6.09. The Kier molecular flexibility index (Phi) is 4.23. The lowest BCUT2D eigenvalue weighted by Crippen LogP contribution is -2.09. The molecular formula is C15H16N2O2. The van der Waals surface area contributed by atoms with Gasteiger partial charge in [0, 0.05) is 24.5 Å². The van der Waals surface area contributed by atoms with Gasteiger partial charge in [-0.3, -0.25) is 14.8 Å². The summed E-state index contributed by atoms with van der Waals surface area (Å²) in [7, 11) is 0. The minimum Gasteiger partial charge on any atom is -0.481 e. The van der Waals surface area contributed by atoms with Crippen molar-refractivity contribution < 1.29 is 9.90 Å². The van der Waals surface area contributed by atoms with Crippen molar-refractivity contribution in [3.63, 3.8) is 0 Å². The van der Waals surface area contributed by atoms with E-state index in [1.165, 1.54) is 5.56 Å². The zero-order valence-corrected chi connectivity index (χ0v) is 10.8. The molecule has 0 aliphatic rings. The number of aromatic nitrogens is 2. The van der Waals surface area contributed by atoms with Crippen LogP contribution in [0, 0.1) is 0 Å². The van der Waals surface area contributed by atoms with E-state index in [9.17, 15) is 4.79 Å². The lowest BCUT2D eigenvalue weighted by molar-refractivity contribution is -0.137. The number of carboxylic acid groups (broad SMARTS) is 1. The number of aryl methyl sites for hydroxylation is 1. The van der Waals surface area contributed by atoms with Crippen molar-refractivity contribution in [3.8, 4) is 0 Å². The van der Waals surface area contributed by atoms with E-state index in [1.807, 2.05) is 24.3 Å². The quantitative estimate of drug-likeness (QED) is 0.893. The lowest BCUT2D eigenvalue weighted by Gasteiger charge is -2.14. The normalized spacial score (nSPS) is 12.1. The number of hydrogen-bond acceptors (Lipinski definition) is 3. The van der Waals surface area contributed by atoms with Crippen LogP contribution in [-0.2, 0) is 11.2 Å². The molecular weight excluding hydrogens is 240 g/mol. The summed E-state index contributed by atoms with van der Waals surface area (Å²) in [5, 5.41) is 9.06. The van der Waals surface area contributed by atoms with Crippen LogP contribution in [0.4, 0.5) is 0 Å². The van der Waals surface area contributed by atoms with Gasteiger partial charge in [0.2, 0.25) is 0 Å². The molecule has 0 spiro atoms. The Balaban J connectivity index is 2.34. The average Bonchev–Trinajstić information content (AvgIpc) is 2.46. The molecule has 0 saturated carbocycles. The minimum absolute atomic E-state index is 0.0180. The first-order chi connectivity index (χ1) is 9.20. The van der Waals surface area contributed by atoms with Crippen LogP contribution in [0.3, 0.4) is 0 Å². The molecule has 0 amide bonds. The second-order valence-electron chi connectivity index (χ2n) is 4.38. The molecule has 4 nitrogen and oxygen atoms in total.